The molecule has 2 aliphatic rings. The molecule has 2 fully saturated rings. The van der Waals surface area contributed by atoms with Gasteiger partial charge in [-0.2, -0.15) is 0 Å². The fourth-order valence-corrected chi connectivity index (χ4v) is 2.47. The number of hydrogen-bond donors (Lipinski definition) is 1. The zero-order valence-corrected chi connectivity index (χ0v) is 9.69. The third-order valence-corrected chi connectivity index (χ3v) is 3.56. The van der Waals surface area contributed by atoms with Crippen LogP contribution >= 0.6 is 0 Å². The van der Waals surface area contributed by atoms with E-state index in [0.717, 1.165) is 6.42 Å². The molecule has 0 bridgehead atoms. The minimum atomic E-state index is -0.386. The molecule has 0 radical (unpaired) electrons. The predicted molar refractivity (Wildman–Crippen MR) is 59.6 cm³/mol. The number of fused-ring (bicyclic) bond motifs is 1. The summed E-state index contributed by atoms with van der Waals surface area (Å²) in [4.78, 5) is 27.1. The van der Waals surface area contributed by atoms with Crippen LogP contribution in [0.4, 0.5) is 0 Å². The second-order valence-corrected chi connectivity index (χ2v) is 4.58. The van der Waals surface area contributed by atoms with Gasteiger partial charge in [-0.05, 0) is 12.8 Å². The van der Waals surface area contributed by atoms with E-state index in [4.69, 9.17) is 5.73 Å². The maximum Gasteiger partial charge on any atom is 0.239 e. The Morgan fingerprint density at radius 1 is 1.56 bits per heavy atom. The lowest BCUT2D eigenvalue weighted by Gasteiger charge is -2.38. The van der Waals surface area contributed by atoms with E-state index in [9.17, 15) is 9.59 Å². The molecule has 2 saturated heterocycles. The van der Waals surface area contributed by atoms with Crippen molar-refractivity contribution in [2.45, 2.75) is 38.3 Å². The van der Waals surface area contributed by atoms with Gasteiger partial charge in [0, 0.05) is 32.1 Å². The Labute approximate surface area is 95.6 Å². The lowest BCUT2D eigenvalue weighted by atomic mass is 10.1. The van der Waals surface area contributed by atoms with Crippen LogP contribution in [0.25, 0.3) is 0 Å². The van der Waals surface area contributed by atoms with Gasteiger partial charge in [0.15, 0.2) is 0 Å². The van der Waals surface area contributed by atoms with Crippen molar-refractivity contribution in [2.24, 2.45) is 5.73 Å². The highest BCUT2D eigenvalue weighted by Gasteiger charge is 2.37. The molecule has 2 rings (SSSR count). The van der Waals surface area contributed by atoms with E-state index in [1.807, 2.05) is 16.7 Å². The van der Waals surface area contributed by atoms with Gasteiger partial charge in [-0.15, -0.1) is 0 Å². The molecule has 90 valence electrons. The Morgan fingerprint density at radius 2 is 2.31 bits per heavy atom. The average molecular weight is 225 g/mol. The summed E-state index contributed by atoms with van der Waals surface area (Å²) in [6, 6.07) is -0.155. The molecule has 0 aromatic heterocycles. The first-order valence-corrected chi connectivity index (χ1v) is 5.97. The number of amides is 2. The van der Waals surface area contributed by atoms with E-state index in [0.29, 0.717) is 32.5 Å². The molecule has 2 atom stereocenters. The quantitative estimate of drug-likeness (QED) is 0.692. The van der Waals surface area contributed by atoms with Crippen LogP contribution in [0.3, 0.4) is 0 Å². The molecule has 16 heavy (non-hydrogen) atoms. The molecule has 0 aliphatic carbocycles. The number of carbonyl (C=O) groups excluding carboxylic acids is 2. The second-order valence-electron chi connectivity index (χ2n) is 4.58. The lowest BCUT2D eigenvalue weighted by molar-refractivity contribution is -0.139. The van der Waals surface area contributed by atoms with E-state index in [1.165, 1.54) is 0 Å². The van der Waals surface area contributed by atoms with Crippen LogP contribution in [0.1, 0.15) is 26.2 Å². The fourth-order valence-electron chi connectivity index (χ4n) is 2.47. The fraction of sp³-hybridized carbons (Fsp3) is 0.818. The molecule has 2 N–H and O–H groups in total. The highest BCUT2D eigenvalue weighted by atomic mass is 16.2. The SMILES string of the molecule is CC[C@@H](N)C(=O)N1CCN2C(=O)CCC2C1. The molecule has 1 unspecified atom stereocenters. The number of rotatable bonds is 2. The normalized spacial score (nSPS) is 26.9. The van der Waals surface area contributed by atoms with Crippen molar-refractivity contribution in [3.8, 4) is 0 Å². The maximum absolute atomic E-state index is 11.9. The number of piperazine rings is 1. The summed E-state index contributed by atoms with van der Waals surface area (Å²) >= 11 is 0. The summed E-state index contributed by atoms with van der Waals surface area (Å²) < 4.78 is 0. The Hall–Kier alpha value is -1.10. The van der Waals surface area contributed by atoms with Crippen molar-refractivity contribution in [3.63, 3.8) is 0 Å². The van der Waals surface area contributed by atoms with E-state index in [2.05, 4.69) is 0 Å². The smallest absolute Gasteiger partial charge is 0.239 e. The van der Waals surface area contributed by atoms with Gasteiger partial charge in [0.2, 0.25) is 11.8 Å². The molecule has 2 heterocycles. The molecule has 0 spiro atoms. The van der Waals surface area contributed by atoms with Gasteiger partial charge in [-0.1, -0.05) is 6.92 Å². The van der Waals surface area contributed by atoms with Crippen molar-refractivity contribution in [3.05, 3.63) is 0 Å². The Kier molecular flexibility index (Phi) is 3.14. The van der Waals surface area contributed by atoms with Crippen LogP contribution in [-0.2, 0) is 9.59 Å². The lowest BCUT2D eigenvalue weighted by Crippen LogP contribution is -2.56. The van der Waals surface area contributed by atoms with Crippen molar-refractivity contribution in [1.82, 2.24) is 9.80 Å². The standard InChI is InChI=1S/C11H19N3O2/c1-2-9(12)11(16)13-5-6-14-8(7-13)3-4-10(14)15/h8-9H,2-7,12H2,1H3/t8?,9-/m1/s1. The van der Waals surface area contributed by atoms with Crippen LogP contribution in [0.15, 0.2) is 0 Å². The molecule has 0 aromatic rings. The van der Waals surface area contributed by atoms with Crippen molar-refractivity contribution in [1.29, 1.82) is 0 Å². The summed E-state index contributed by atoms with van der Waals surface area (Å²) in [6.07, 6.45) is 2.18. The molecular formula is C11H19N3O2. The van der Waals surface area contributed by atoms with Crippen molar-refractivity contribution in [2.75, 3.05) is 19.6 Å². The highest BCUT2D eigenvalue weighted by Crippen LogP contribution is 2.23. The number of nitrogens with two attached hydrogens (primary N) is 1. The highest BCUT2D eigenvalue weighted by molar-refractivity contribution is 5.83. The third kappa shape index (κ3) is 1.91. The minimum absolute atomic E-state index is 0.0292. The topological polar surface area (TPSA) is 66.6 Å². The van der Waals surface area contributed by atoms with Gasteiger partial charge in [0.1, 0.15) is 0 Å². The Balaban J connectivity index is 1.96. The maximum atomic E-state index is 11.9. The average Bonchev–Trinajstić information content (AvgIpc) is 2.68. The van der Waals surface area contributed by atoms with Gasteiger partial charge in [0.25, 0.3) is 0 Å². The molecule has 2 aliphatic heterocycles. The van der Waals surface area contributed by atoms with Gasteiger partial charge in [-0.25, -0.2) is 0 Å². The molecule has 2 amide bonds. The molecule has 0 aromatic carbocycles. The minimum Gasteiger partial charge on any atom is -0.338 e. The summed E-state index contributed by atoms with van der Waals surface area (Å²) in [5.74, 6) is 0.262. The van der Waals surface area contributed by atoms with Gasteiger partial charge < -0.3 is 15.5 Å². The van der Waals surface area contributed by atoms with E-state index in [-0.39, 0.29) is 23.9 Å². The third-order valence-electron chi connectivity index (χ3n) is 3.56. The molecule has 0 saturated carbocycles. The Morgan fingerprint density at radius 3 is 3.00 bits per heavy atom. The number of carbonyl (C=O) groups is 2. The summed E-state index contributed by atoms with van der Waals surface area (Å²) in [5.41, 5.74) is 5.74. The van der Waals surface area contributed by atoms with Crippen molar-refractivity contribution >= 4 is 11.8 Å². The first kappa shape index (κ1) is 11.4. The number of nitrogens with zero attached hydrogens (tertiary/aromatic N) is 2. The molecule has 5 nitrogen and oxygen atoms in total. The van der Waals surface area contributed by atoms with E-state index in [1.54, 1.807) is 0 Å². The van der Waals surface area contributed by atoms with E-state index >= 15 is 0 Å². The van der Waals surface area contributed by atoms with Crippen LogP contribution in [0, 0.1) is 0 Å². The summed E-state index contributed by atoms with van der Waals surface area (Å²) in [7, 11) is 0. The zero-order chi connectivity index (χ0) is 11.7. The predicted octanol–water partition coefficient (Wildman–Crippen LogP) is -0.443. The molecule has 5 heteroatoms. The summed E-state index contributed by atoms with van der Waals surface area (Å²) in [5, 5.41) is 0. The second kappa shape index (κ2) is 4.41. The number of hydrogen-bond acceptors (Lipinski definition) is 3. The summed E-state index contributed by atoms with van der Waals surface area (Å²) in [6.45, 7) is 3.89. The van der Waals surface area contributed by atoms with Gasteiger partial charge in [-0.3, -0.25) is 9.59 Å². The monoisotopic (exact) mass is 225 g/mol. The zero-order valence-electron chi connectivity index (χ0n) is 9.69. The largest absolute Gasteiger partial charge is 0.338 e. The van der Waals surface area contributed by atoms with Crippen LogP contribution in [-0.4, -0.2) is 53.3 Å². The van der Waals surface area contributed by atoms with E-state index < -0.39 is 0 Å². The van der Waals surface area contributed by atoms with Gasteiger partial charge >= 0.3 is 0 Å². The molecular weight excluding hydrogens is 206 g/mol. The Bertz CT molecular complexity index is 306. The van der Waals surface area contributed by atoms with Crippen LogP contribution < -0.4 is 5.73 Å². The van der Waals surface area contributed by atoms with Gasteiger partial charge in [0.05, 0.1) is 6.04 Å². The van der Waals surface area contributed by atoms with Crippen LogP contribution in [0.5, 0.6) is 0 Å². The first-order chi connectivity index (χ1) is 7.63. The van der Waals surface area contributed by atoms with Crippen molar-refractivity contribution < 1.29 is 9.59 Å². The van der Waals surface area contributed by atoms with Crippen LogP contribution in [0.2, 0.25) is 0 Å². The first-order valence-electron chi connectivity index (χ1n) is 5.97.